The van der Waals surface area contributed by atoms with Crippen molar-refractivity contribution in [3.05, 3.63) is 69.8 Å². The predicted octanol–water partition coefficient (Wildman–Crippen LogP) is 6.45. The van der Waals surface area contributed by atoms with Gasteiger partial charge in [0, 0.05) is 34.5 Å². The maximum atomic E-state index is 12.8. The Labute approximate surface area is 196 Å². The summed E-state index contributed by atoms with van der Waals surface area (Å²) >= 11 is 7.60. The molecule has 0 aliphatic rings. The summed E-state index contributed by atoms with van der Waals surface area (Å²) in [6.45, 7) is 2.00. The number of hydrogen-bond acceptors (Lipinski definition) is 4. The first-order valence-electron chi connectivity index (χ1n) is 9.89. The minimum atomic E-state index is -4.37. The second-order valence-electron chi connectivity index (χ2n) is 7.38. The van der Waals surface area contributed by atoms with Gasteiger partial charge in [0.15, 0.2) is 0 Å². The molecular weight excluding hydrogens is 477 g/mol. The van der Waals surface area contributed by atoms with E-state index in [9.17, 15) is 18.0 Å². The van der Waals surface area contributed by atoms with E-state index >= 15 is 0 Å². The molecule has 0 saturated carbocycles. The monoisotopic (exact) mass is 494 g/mol. The van der Waals surface area contributed by atoms with Crippen LogP contribution in [0.2, 0.25) is 5.02 Å². The van der Waals surface area contributed by atoms with Crippen LogP contribution in [0.15, 0.2) is 48.7 Å². The number of carboxylic acids is 1. The van der Waals surface area contributed by atoms with Crippen LogP contribution in [0.3, 0.4) is 0 Å². The molecule has 0 amide bonds. The van der Waals surface area contributed by atoms with E-state index in [-0.39, 0.29) is 6.54 Å². The molecule has 0 spiro atoms. The predicted molar refractivity (Wildman–Crippen MR) is 121 cm³/mol. The summed E-state index contributed by atoms with van der Waals surface area (Å²) in [6, 6.07) is 10.3. The topological polar surface area (TPSA) is 64.4 Å². The number of aromatic nitrogens is 2. The molecule has 0 radical (unpaired) electrons. The number of fused-ring (bicyclic) bond motifs is 1. The van der Waals surface area contributed by atoms with Crippen molar-refractivity contribution in [2.75, 3.05) is 6.61 Å². The number of alkyl halides is 3. The first-order valence-corrected chi connectivity index (χ1v) is 11.1. The van der Waals surface area contributed by atoms with Gasteiger partial charge in [0.25, 0.3) is 0 Å². The summed E-state index contributed by atoms with van der Waals surface area (Å²) in [6.07, 6.45) is -2.23. The zero-order valence-electron chi connectivity index (χ0n) is 17.3. The Bertz CT molecular complexity index is 1310. The van der Waals surface area contributed by atoms with Crippen molar-refractivity contribution in [3.63, 3.8) is 0 Å². The van der Waals surface area contributed by atoms with Gasteiger partial charge in [-0.05, 0) is 31.2 Å². The van der Waals surface area contributed by atoms with Gasteiger partial charge in [-0.3, -0.25) is 4.79 Å². The van der Waals surface area contributed by atoms with Crippen molar-refractivity contribution < 1.29 is 27.8 Å². The van der Waals surface area contributed by atoms with Crippen LogP contribution in [0.4, 0.5) is 13.2 Å². The SMILES string of the molecule is Cc1nc(-c2ccc(C(F)(F)F)cc2)sc1CCOc1ccc2c(Cl)cn(CC(=O)O)c2c1. The second kappa shape index (κ2) is 9.07. The molecule has 2 aromatic carbocycles. The van der Waals surface area contributed by atoms with E-state index in [2.05, 4.69) is 4.98 Å². The first kappa shape index (κ1) is 23.1. The smallest absolute Gasteiger partial charge is 0.416 e. The van der Waals surface area contributed by atoms with E-state index in [1.54, 1.807) is 29.0 Å². The summed E-state index contributed by atoms with van der Waals surface area (Å²) in [5, 5.41) is 10.9. The van der Waals surface area contributed by atoms with Crippen LogP contribution in [-0.2, 0) is 23.9 Å². The molecular formula is C23H18ClF3N2O3S. The molecule has 0 aliphatic carbocycles. The molecule has 172 valence electrons. The standard InChI is InChI=1S/C23H18ClF3N2O3S/c1-13-20(33-22(28-13)14-2-4-15(5-3-14)23(25,26)27)8-9-32-16-6-7-17-18(24)11-29(12-21(30)31)19(17)10-16/h2-7,10-11H,8-9,12H2,1H3,(H,30,31). The van der Waals surface area contributed by atoms with E-state index in [0.29, 0.717) is 39.9 Å². The molecule has 0 unspecified atom stereocenters. The highest BCUT2D eigenvalue weighted by Gasteiger charge is 2.30. The van der Waals surface area contributed by atoms with E-state index in [1.807, 2.05) is 6.92 Å². The van der Waals surface area contributed by atoms with Gasteiger partial charge in [0.1, 0.15) is 17.3 Å². The molecule has 0 atom stereocenters. The molecule has 2 aromatic heterocycles. The van der Waals surface area contributed by atoms with Gasteiger partial charge in [-0.15, -0.1) is 11.3 Å². The molecule has 5 nitrogen and oxygen atoms in total. The molecule has 0 fully saturated rings. The molecule has 0 saturated heterocycles. The van der Waals surface area contributed by atoms with E-state index in [1.165, 1.54) is 23.5 Å². The van der Waals surface area contributed by atoms with Gasteiger partial charge in [-0.25, -0.2) is 4.98 Å². The molecule has 2 heterocycles. The third-order valence-electron chi connectivity index (χ3n) is 5.06. The summed E-state index contributed by atoms with van der Waals surface area (Å²) in [4.78, 5) is 16.5. The van der Waals surface area contributed by atoms with Crippen LogP contribution in [0, 0.1) is 6.92 Å². The van der Waals surface area contributed by atoms with E-state index in [0.717, 1.165) is 28.1 Å². The summed E-state index contributed by atoms with van der Waals surface area (Å²) in [5.74, 6) is -0.395. The summed E-state index contributed by atoms with van der Waals surface area (Å²) in [7, 11) is 0. The van der Waals surface area contributed by atoms with Crippen LogP contribution in [0.5, 0.6) is 5.75 Å². The highest BCUT2D eigenvalue weighted by molar-refractivity contribution is 7.15. The number of thiazole rings is 1. The van der Waals surface area contributed by atoms with Crippen LogP contribution in [0.1, 0.15) is 16.1 Å². The highest BCUT2D eigenvalue weighted by Crippen LogP contribution is 2.33. The fraction of sp³-hybridized carbons (Fsp3) is 0.217. The number of carboxylic acid groups (broad SMARTS) is 1. The number of benzene rings is 2. The number of hydrogen-bond donors (Lipinski definition) is 1. The fourth-order valence-electron chi connectivity index (χ4n) is 3.44. The lowest BCUT2D eigenvalue weighted by atomic mass is 10.1. The average molecular weight is 495 g/mol. The average Bonchev–Trinajstić information content (AvgIpc) is 3.27. The number of rotatable bonds is 7. The van der Waals surface area contributed by atoms with Crippen molar-refractivity contribution >= 4 is 39.8 Å². The lowest BCUT2D eigenvalue weighted by molar-refractivity contribution is -0.138. The summed E-state index contributed by atoms with van der Waals surface area (Å²) < 4.78 is 45.7. The minimum absolute atomic E-state index is 0.209. The Morgan fingerprint density at radius 3 is 2.61 bits per heavy atom. The van der Waals surface area contributed by atoms with Crippen molar-refractivity contribution in [3.8, 4) is 16.3 Å². The molecule has 1 N–H and O–H groups in total. The first-order chi connectivity index (χ1) is 15.6. The van der Waals surface area contributed by atoms with Gasteiger partial charge in [0.2, 0.25) is 0 Å². The quantitative estimate of drug-likeness (QED) is 0.320. The zero-order chi connectivity index (χ0) is 23.8. The molecule has 33 heavy (non-hydrogen) atoms. The number of ether oxygens (including phenoxy) is 1. The third kappa shape index (κ3) is 5.15. The van der Waals surface area contributed by atoms with Crippen LogP contribution in [-0.4, -0.2) is 27.2 Å². The van der Waals surface area contributed by atoms with Crippen LogP contribution in [0.25, 0.3) is 21.5 Å². The fourth-order valence-corrected chi connectivity index (χ4v) is 4.77. The Morgan fingerprint density at radius 1 is 1.21 bits per heavy atom. The largest absolute Gasteiger partial charge is 0.493 e. The number of aryl methyl sites for hydroxylation is 1. The molecule has 4 aromatic rings. The van der Waals surface area contributed by atoms with Gasteiger partial charge < -0.3 is 14.4 Å². The van der Waals surface area contributed by atoms with E-state index in [4.69, 9.17) is 21.4 Å². The Morgan fingerprint density at radius 2 is 1.94 bits per heavy atom. The lowest BCUT2D eigenvalue weighted by Crippen LogP contribution is -2.07. The number of halogens is 4. The lowest BCUT2D eigenvalue weighted by Gasteiger charge is -2.07. The van der Waals surface area contributed by atoms with Crippen molar-refractivity contribution in [2.24, 2.45) is 0 Å². The minimum Gasteiger partial charge on any atom is -0.493 e. The second-order valence-corrected chi connectivity index (χ2v) is 8.87. The number of aliphatic carboxylic acids is 1. The Kier molecular flexibility index (Phi) is 6.36. The van der Waals surface area contributed by atoms with Crippen molar-refractivity contribution in [1.29, 1.82) is 0 Å². The summed E-state index contributed by atoms with van der Waals surface area (Å²) in [5.41, 5.74) is 1.40. The number of carbonyl (C=O) groups is 1. The third-order valence-corrected chi connectivity index (χ3v) is 6.63. The molecule has 0 aliphatic heterocycles. The zero-order valence-corrected chi connectivity index (χ0v) is 18.9. The molecule has 4 rings (SSSR count). The van der Waals surface area contributed by atoms with Crippen LogP contribution >= 0.6 is 22.9 Å². The molecule has 0 bridgehead atoms. The van der Waals surface area contributed by atoms with Gasteiger partial charge in [0.05, 0.1) is 28.4 Å². The highest BCUT2D eigenvalue weighted by atomic mass is 35.5. The normalized spacial score (nSPS) is 11.8. The van der Waals surface area contributed by atoms with Crippen molar-refractivity contribution in [1.82, 2.24) is 9.55 Å². The van der Waals surface area contributed by atoms with Crippen LogP contribution < -0.4 is 4.74 Å². The maximum absolute atomic E-state index is 12.8. The number of nitrogens with zero attached hydrogens (tertiary/aromatic N) is 2. The van der Waals surface area contributed by atoms with Gasteiger partial charge in [-0.1, -0.05) is 23.7 Å². The van der Waals surface area contributed by atoms with E-state index < -0.39 is 17.7 Å². The van der Waals surface area contributed by atoms with Gasteiger partial charge >= 0.3 is 12.1 Å². The Balaban J connectivity index is 1.44. The molecule has 10 heteroatoms. The van der Waals surface area contributed by atoms with Gasteiger partial charge in [-0.2, -0.15) is 13.2 Å². The maximum Gasteiger partial charge on any atom is 0.416 e. The Hall–Kier alpha value is -3.04. The van der Waals surface area contributed by atoms with Crippen molar-refractivity contribution in [2.45, 2.75) is 26.1 Å².